The first-order valence-electron chi connectivity index (χ1n) is 7.29. The molecule has 0 saturated carbocycles. The zero-order valence-electron chi connectivity index (χ0n) is 14.1. The highest BCUT2D eigenvalue weighted by Crippen LogP contribution is 2.19. The van der Waals surface area contributed by atoms with Crippen molar-refractivity contribution < 1.29 is 19.1 Å². The number of esters is 2. The molecule has 0 saturated heterocycles. The van der Waals surface area contributed by atoms with Crippen LogP contribution in [-0.4, -0.2) is 35.7 Å². The Labute approximate surface area is 127 Å². The van der Waals surface area contributed by atoms with Gasteiger partial charge in [0.05, 0.1) is 5.92 Å². The molecule has 2 atom stereocenters. The van der Waals surface area contributed by atoms with Crippen molar-refractivity contribution in [1.29, 1.82) is 0 Å². The van der Waals surface area contributed by atoms with E-state index in [0.29, 0.717) is 19.4 Å². The second-order valence-corrected chi connectivity index (χ2v) is 7.13. The Balaban J connectivity index is 4.96. The van der Waals surface area contributed by atoms with Crippen molar-refractivity contribution in [3.8, 4) is 0 Å². The Morgan fingerprint density at radius 3 is 1.76 bits per heavy atom. The van der Waals surface area contributed by atoms with Gasteiger partial charge >= 0.3 is 11.9 Å². The van der Waals surface area contributed by atoms with Crippen molar-refractivity contribution in [2.75, 3.05) is 6.54 Å². The average molecular weight is 302 g/mol. The minimum Gasteiger partial charge on any atom is -0.460 e. The van der Waals surface area contributed by atoms with E-state index in [1.807, 2.05) is 0 Å². The number of ether oxygens (including phenoxy) is 2. The monoisotopic (exact) mass is 302 g/mol. The summed E-state index contributed by atoms with van der Waals surface area (Å²) in [7, 11) is 0. The predicted octanol–water partition coefficient (Wildman–Crippen LogP) is 1.35. The molecular formula is C15H30N2O4. The summed E-state index contributed by atoms with van der Waals surface area (Å²) in [6, 6.07) is -1.05. The molecule has 6 heteroatoms. The number of rotatable bonds is 6. The molecule has 0 radical (unpaired) electrons. The van der Waals surface area contributed by atoms with Gasteiger partial charge in [0.15, 0.2) is 0 Å². The summed E-state index contributed by atoms with van der Waals surface area (Å²) in [6.45, 7) is 11.0. The maximum Gasteiger partial charge on any atom is 0.324 e. The topological polar surface area (TPSA) is 105 Å². The van der Waals surface area contributed by atoms with E-state index in [9.17, 15) is 9.59 Å². The maximum atomic E-state index is 12.2. The van der Waals surface area contributed by atoms with Gasteiger partial charge in [0.2, 0.25) is 0 Å². The van der Waals surface area contributed by atoms with Crippen molar-refractivity contribution in [2.45, 2.75) is 71.6 Å². The number of carbonyl (C=O) groups excluding carboxylic acids is 2. The molecule has 0 rings (SSSR count). The summed E-state index contributed by atoms with van der Waals surface area (Å²) in [6.07, 6.45) is 0.978. The Kier molecular flexibility index (Phi) is 7.33. The first-order valence-corrected chi connectivity index (χ1v) is 7.29. The average Bonchev–Trinajstić information content (AvgIpc) is 2.24. The number of hydrogen-bond donors (Lipinski definition) is 2. The molecule has 0 aromatic rings. The first kappa shape index (κ1) is 19.9. The van der Waals surface area contributed by atoms with Crippen LogP contribution in [0.3, 0.4) is 0 Å². The third-order valence-electron chi connectivity index (χ3n) is 2.54. The van der Waals surface area contributed by atoms with Crippen LogP contribution in [0.4, 0.5) is 0 Å². The van der Waals surface area contributed by atoms with Gasteiger partial charge in [0.1, 0.15) is 17.2 Å². The smallest absolute Gasteiger partial charge is 0.324 e. The maximum absolute atomic E-state index is 12.2. The van der Waals surface area contributed by atoms with Crippen LogP contribution < -0.4 is 11.5 Å². The zero-order valence-corrected chi connectivity index (χ0v) is 14.1. The Morgan fingerprint density at radius 2 is 1.38 bits per heavy atom. The first-order chi connectivity index (χ1) is 9.37. The van der Waals surface area contributed by atoms with Gasteiger partial charge in [-0.1, -0.05) is 0 Å². The van der Waals surface area contributed by atoms with Crippen molar-refractivity contribution in [3.05, 3.63) is 0 Å². The van der Waals surface area contributed by atoms with E-state index in [-0.39, 0.29) is 0 Å². The molecule has 2 unspecified atom stereocenters. The van der Waals surface area contributed by atoms with Crippen LogP contribution in [0.1, 0.15) is 54.4 Å². The minimum absolute atomic E-state index is 0.395. The number of nitrogens with two attached hydrogens (primary N) is 2. The summed E-state index contributed by atoms with van der Waals surface area (Å²) >= 11 is 0. The van der Waals surface area contributed by atoms with E-state index < -0.39 is 35.1 Å². The Morgan fingerprint density at radius 1 is 0.952 bits per heavy atom. The quantitative estimate of drug-likeness (QED) is 0.718. The fourth-order valence-electron chi connectivity index (χ4n) is 1.69. The van der Waals surface area contributed by atoms with Gasteiger partial charge in [-0.2, -0.15) is 0 Å². The van der Waals surface area contributed by atoms with Crippen molar-refractivity contribution >= 4 is 11.9 Å². The lowest BCUT2D eigenvalue weighted by molar-refractivity contribution is -0.169. The van der Waals surface area contributed by atoms with E-state index in [0.717, 1.165) is 0 Å². The lowest BCUT2D eigenvalue weighted by atomic mass is 9.94. The molecule has 4 N–H and O–H groups in total. The zero-order chi connectivity index (χ0) is 16.8. The molecule has 0 bridgehead atoms. The molecule has 0 aromatic heterocycles. The third kappa shape index (κ3) is 8.67. The molecule has 124 valence electrons. The van der Waals surface area contributed by atoms with Crippen LogP contribution in [0.5, 0.6) is 0 Å². The molecule has 0 heterocycles. The summed E-state index contributed by atoms with van der Waals surface area (Å²) in [5.74, 6) is -1.84. The van der Waals surface area contributed by atoms with Crippen molar-refractivity contribution in [3.63, 3.8) is 0 Å². The summed E-state index contributed by atoms with van der Waals surface area (Å²) < 4.78 is 10.6. The number of carbonyl (C=O) groups is 2. The minimum atomic E-state index is -1.05. The van der Waals surface area contributed by atoms with Crippen molar-refractivity contribution in [2.24, 2.45) is 17.4 Å². The molecule has 0 aromatic carbocycles. The Hall–Kier alpha value is -1.14. The largest absolute Gasteiger partial charge is 0.460 e. The van der Waals surface area contributed by atoms with Gasteiger partial charge in [0.25, 0.3) is 0 Å². The van der Waals surface area contributed by atoms with Crippen molar-refractivity contribution in [1.82, 2.24) is 0 Å². The van der Waals surface area contributed by atoms with E-state index in [1.165, 1.54) is 0 Å². The van der Waals surface area contributed by atoms with Gasteiger partial charge in [0, 0.05) is 0 Å². The summed E-state index contributed by atoms with van der Waals surface area (Å²) in [4.78, 5) is 24.3. The van der Waals surface area contributed by atoms with Gasteiger partial charge in [-0.15, -0.1) is 0 Å². The molecular weight excluding hydrogens is 272 g/mol. The van der Waals surface area contributed by atoms with Crippen LogP contribution in [0.15, 0.2) is 0 Å². The van der Waals surface area contributed by atoms with Gasteiger partial charge in [-0.25, -0.2) is 0 Å². The molecule has 0 fully saturated rings. The van der Waals surface area contributed by atoms with E-state index in [1.54, 1.807) is 41.5 Å². The van der Waals surface area contributed by atoms with E-state index >= 15 is 0 Å². The van der Waals surface area contributed by atoms with E-state index in [4.69, 9.17) is 20.9 Å². The fourth-order valence-corrected chi connectivity index (χ4v) is 1.69. The lowest BCUT2D eigenvalue weighted by Gasteiger charge is -2.28. The van der Waals surface area contributed by atoms with Crippen LogP contribution in [0.2, 0.25) is 0 Å². The van der Waals surface area contributed by atoms with Gasteiger partial charge < -0.3 is 20.9 Å². The molecule has 0 spiro atoms. The highest BCUT2D eigenvalue weighted by atomic mass is 16.6. The van der Waals surface area contributed by atoms with Crippen LogP contribution in [0, 0.1) is 5.92 Å². The van der Waals surface area contributed by atoms with Gasteiger partial charge in [-0.3, -0.25) is 9.59 Å². The third-order valence-corrected chi connectivity index (χ3v) is 2.54. The fraction of sp³-hybridized carbons (Fsp3) is 0.867. The second-order valence-electron chi connectivity index (χ2n) is 7.13. The normalized spacial score (nSPS) is 15.2. The highest BCUT2D eigenvalue weighted by Gasteiger charge is 2.36. The van der Waals surface area contributed by atoms with Crippen LogP contribution in [-0.2, 0) is 19.1 Å². The Bertz CT molecular complexity index is 356. The number of hydrogen-bond acceptors (Lipinski definition) is 6. The molecule has 0 amide bonds. The highest BCUT2D eigenvalue weighted by molar-refractivity contribution is 5.84. The molecule has 6 nitrogen and oxygen atoms in total. The molecule has 0 aliphatic heterocycles. The van der Waals surface area contributed by atoms with Crippen LogP contribution in [0.25, 0.3) is 0 Å². The summed E-state index contributed by atoms with van der Waals surface area (Å²) in [5.41, 5.74) is 10.1. The molecule has 0 aliphatic rings. The summed E-state index contributed by atoms with van der Waals surface area (Å²) in [5, 5.41) is 0. The second kappa shape index (κ2) is 7.75. The lowest BCUT2D eigenvalue weighted by Crippen LogP contribution is -2.47. The molecule has 21 heavy (non-hydrogen) atoms. The van der Waals surface area contributed by atoms with Crippen LogP contribution >= 0.6 is 0 Å². The van der Waals surface area contributed by atoms with Gasteiger partial charge in [-0.05, 0) is 60.9 Å². The van der Waals surface area contributed by atoms with E-state index in [2.05, 4.69) is 0 Å². The standard InChI is InChI=1S/C15H30N2O4/c1-14(2,3)20-12(18)10(8-7-9-16)11(17)13(19)21-15(4,5)6/h10-11H,7-9,16-17H2,1-6H3. The molecule has 0 aliphatic carbocycles. The predicted molar refractivity (Wildman–Crippen MR) is 81.4 cm³/mol. The SMILES string of the molecule is CC(C)(C)OC(=O)C(N)C(CCCN)C(=O)OC(C)(C)C.